The van der Waals surface area contributed by atoms with Crippen LogP contribution in [0.25, 0.3) is 0 Å². The molecule has 0 heterocycles. The van der Waals surface area contributed by atoms with E-state index in [1.165, 1.54) is 18.2 Å². The fourth-order valence-corrected chi connectivity index (χ4v) is 2.34. The smallest absolute Gasteiger partial charge is 0.325 e. The standard InChI is InChI=1S/C18H16BrN3O6/c19-14-6-4-13(5-7-14)18(25)21-9-16(23)20-10-17(24)28-11-12-2-1-3-15(8-12)22(26)27/h1-8H,9-11H2,(H,20,23)(H,21,25). The van der Waals surface area contributed by atoms with Crippen molar-refractivity contribution in [2.45, 2.75) is 6.61 Å². The summed E-state index contributed by atoms with van der Waals surface area (Å²) < 4.78 is 5.78. The number of amides is 2. The van der Waals surface area contributed by atoms with Gasteiger partial charge >= 0.3 is 5.97 Å². The number of nitro groups is 1. The minimum absolute atomic E-state index is 0.108. The number of nitrogens with zero attached hydrogens (tertiary/aromatic N) is 1. The molecule has 2 rings (SSSR count). The summed E-state index contributed by atoms with van der Waals surface area (Å²) >= 11 is 3.26. The molecule has 0 aliphatic rings. The van der Waals surface area contributed by atoms with E-state index in [1.807, 2.05) is 0 Å². The van der Waals surface area contributed by atoms with Gasteiger partial charge in [-0.1, -0.05) is 28.1 Å². The van der Waals surface area contributed by atoms with Gasteiger partial charge in [0.1, 0.15) is 13.2 Å². The molecule has 0 unspecified atom stereocenters. The Kier molecular flexibility index (Phi) is 7.64. The molecule has 0 aromatic heterocycles. The normalized spacial score (nSPS) is 10.0. The van der Waals surface area contributed by atoms with Crippen molar-refractivity contribution < 1.29 is 24.0 Å². The van der Waals surface area contributed by atoms with Crippen LogP contribution in [0.4, 0.5) is 5.69 Å². The maximum Gasteiger partial charge on any atom is 0.325 e. The molecule has 0 bridgehead atoms. The summed E-state index contributed by atoms with van der Waals surface area (Å²) in [6, 6.07) is 12.3. The molecule has 2 aromatic rings. The van der Waals surface area contributed by atoms with Crippen LogP contribution in [-0.2, 0) is 20.9 Å². The monoisotopic (exact) mass is 449 g/mol. The highest BCUT2D eigenvalue weighted by molar-refractivity contribution is 9.10. The van der Waals surface area contributed by atoms with Crippen molar-refractivity contribution in [2.24, 2.45) is 0 Å². The summed E-state index contributed by atoms with van der Waals surface area (Å²) in [5, 5.41) is 15.5. The van der Waals surface area contributed by atoms with Crippen LogP contribution in [0.2, 0.25) is 0 Å². The number of esters is 1. The molecule has 2 aromatic carbocycles. The quantitative estimate of drug-likeness (QED) is 0.360. The van der Waals surface area contributed by atoms with Crippen LogP contribution in [0.5, 0.6) is 0 Å². The van der Waals surface area contributed by atoms with Crippen molar-refractivity contribution in [3.8, 4) is 0 Å². The van der Waals surface area contributed by atoms with Crippen LogP contribution in [0, 0.1) is 10.1 Å². The largest absolute Gasteiger partial charge is 0.459 e. The van der Waals surface area contributed by atoms with Gasteiger partial charge in [0, 0.05) is 22.2 Å². The van der Waals surface area contributed by atoms with Crippen molar-refractivity contribution in [1.29, 1.82) is 0 Å². The van der Waals surface area contributed by atoms with Crippen LogP contribution in [0.3, 0.4) is 0 Å². The maximum atomic E-state index is 11.9. The number of rotatable bonds is 8. The van der Waals surface area contributed by atoms with E-state index in [0.717, 1.165) is 4.47 Å². The van der Waals surface area contributed by atoms with Gasteiger partial charge in [-0.15, -0.1) is 0 Å². The maximum absolute atomic E-state index is 11.9. The van der Waals surface area contributed by atoms with E-state index < -0.39 is 22.7 Å². The van der Waals surface area contributed by atoms with Crippen LogP contribution in [0.15, 0.2) is 53.0 Å². The number of hydrogen-bond acceptors (Lipinski definition) is 6. The van der Waals surface area contributed by atoms with Gasteiger partial charge in [-0.3, -0.25) is 24.5 Å². The number of nitro benzene ring substituents is 1. The van der Waals surface area contributed by atoms with E-state index in [-0.39, 0.29) is 25.4 Å². The second-order valence-electron chi connectivity index (χ2n) is 5.55. The lowest BCUT2D eigenvalue weighted by Gasteiger charge is -2.08. The first-order valence-electron chi connectivity index (χ1n) is 8.04. The van der Waals surface area contributed by atoms with Gasteiger partial charge in [0.25, 0.3) is 11.6 Å². The fraction of sp³-hybridized carbons (Fsp3) is 0.167. The molecule has 0 saturated carbocycles. The summed E-state index contributed by atoms with van der Waals surface area (Å²) in [4.78, 5) is 45.4. The molecule has 28 heavy (non-hydrogen) atoms. The van der Waals surface area contributed by atoms with Gasteiger partial charge in [-0.25, -0.2) is 0 Å². The zero-order valence-electron chi connectivity index (χ0n) is 14.5. The molecule has 0 aliphatic heterocycles. The minimum Gasteiger partial charge on any atom is -0.459 e. The Bertz CT molecular complexity index is 885. The Morgan fingerprint density at radius 2 is 1.75 bits per heavy atom. The summed E-state index contributed by atoms with van der Waals surface area (Å²) in [5.74, 6) is -1.69. The van der Waals surface area contributed by atoms with E-state index in [4.69, 9.17) is 4.74 Å². The summed E-state index contributed by atoms with van der Waals surface area (Å²) in [7, 11) is 0. The van der Waals surface area contributed by atoms with Gasteiger partial charge < -0.3 is 15.4 Å². The first kappa shape index (κ1) is 21.0. The predicted octanol–water partition coefficient (Wildman–Crippen LogP) is 1.95. The molecule has 0 atom stereocenters. The van der Waals surface area contributed by atoms with Gasteiger partial charge in [0.2, 0.25) is 5.91 Å². The summed E-state index contributed by atoms with van der Waals surface area (Å²) in [6.07, 6.45) is 0. The lowest BCUT2D eigenvalue weighted by atomic mass is 10.2. The number of non-ortho nitro benzene ring substituents is 1. The van der Waals surface area contributed by atoms with E-state index in [2.05, 4.69) is 26.6 Å². The molecule has 10 heteroatoms. The third-order valence-electron chi connectivity index (χ3n) is 3.47. The van der Waals surface area contributed by atoms with Crippen LogP contribution in [-0.4, -0.2) is 35.8 Å². The Morgan fingerprint density at radius 3 is 2.43 bits per heavy atom. The zero-order valence-corrected chi connectivity index (χ0v) is 16.1. The lowest BCUT2D eigenvalue weighted by molar-refractivity contribution is -0.384. The van der Waals surface area contributed by atoms with Crippen LogP contribution in [0.1, 0.15) is 15.9 Å². The average molecular weight is 450 g/mol. The van der Waals surface area contributed by atoms with E-state index >= 15 is 0 Å². The van der Waals surface area contributed by atoms with Gasteiger partial charge in [0.15, 0.2) is 0 Å². The molecule has 0 fully saturated rings. The second kappa shape index (κ2) is 10.2. The van der Waals surface area contributed by atoms with E-state index in [9.17, 15) is 24.5 Å². The van der Waals surface area contributed by atoms with E-state index in [0.29, 0.717) is 11.1 Å². The first-order chi connectivity index (χ1) is 13.3. The average Bonchev–Trinajstić information content (AvgIpc) is 2.69. The zero-order chi connectivity index (χ0) is 20.5. The topological polar surface area (TPSA) is 128 Å². The number of hydrogen-bond donors (Lipinski definition) is 2. The number of nitrogens with one attached hydrogen (secondary N) is 2. The summed E-state index contributed by atoms with van der Waals surface area (Å²) in [6.45, 7) is -0.842. The Hall–Kier alpha value is -3.27. The molecule has 0 spiro atoms. The lowest BCUT2D eigenvalue weighted by Crippen LogP contribution is -2.39. The molecule has 0 saturated heterocycles. The summed E-state index contributed by atoms with van der Waals surface area (Å²) in [5.41, 5.74) is 0.742. The predicted molar refractivity (Wildman–Crippen MR) is 102 cm³/mol. The van der Waals surface area contributed by atoms with Crippen LogP contribution < -0.4 is 10.6 Å². The van der Waals surface area contributed by atoms with Crippen molar-refractivity contribution in [3.05, 3.63) is 74.2 Å². The highest BCUT2D eigenvalue weighted by Crippen LogP contribution is 2.13. The Labute approximate surface area is 168 Å². The van der Waals surface area contributed by atoms with Crippen molar-refractivity contribution in [2.75, 3.05) is 13.1 Å². The minimum atomic E-state index is -0.709. The van der Waals surface area contributed by atoms with E-state index in [1.54, 1.807) is 30.3 Å². The number of ether oxygens (including phenoxy) is 1. The highest BCUT2D eigenvalue weighted by Gasteiger charge is 2.11. The Balaban J connectivity index is 1.70. The van der Waals surface area contributed by atoms with Crippen molar-refractivity contribution in [3.63, 3.8) is 0 Å². The molecule has 2 N–H and O–H groups in total. The number of carbonyl (C=O) groups is 3. The molecular formula is C18H16BrN3O6. The number of halogens is 1. The molecule has 9 nitrogen and oxygen atoms in total. The molecule has 146 valence electrons. The third kappa shape index (κ3) is 6.80. The molecule has 0 aliphatic carbocycles. The van der Waals surface area contributed by atoms with Gasteiger partial charge in [-0.05, 0) is 29.8 Å². The molecule has 0 radical (unpaired) electrons. The number of benzene rings is 2. The van der Waals surface area contributed by atoms with Gasteiger partial charge in [0.05, 0.1) is 11.5 Å². The van der Waals surface area contributed by atoms with Crippen molar-refractivity contribution in [1.82, 2.24) is 10.6 Å². The fourth-order valence-electron chi connectivity index (χ4n) is 2.07. The first-order valence-corrected chi connectivity index (χ1v) is 8.84. The highest BCUT2D eigenvalue weighted by atomic mass is 79.9. The third-order valence-corrected chi connectivity index (χ3v) is 4.00. The van der Waals surface area contributed by atoms with Crippen LogP contribution >= 0.6 is 15.9 Å². The molecular weight excluding hydrogens is 434 g/mol. The SMILES string of the molecule is O=C(CNC(=O)c1ccc(Br)cc1)NCC(=O)OCc1cccc([N+](=O)[O-])c1. The Morgan fingerprint density at radius 1 is 1.04 bits per heavy atom. The van der Waals surface area contributed by atoms with Crippen molar-refractivity contribution >= 4 is 39.4 Å². The van der Waals surface area contributed by atoms with Gasteiger partial charge in [-0.2, -0.15) is 0 Å². The number of carbonyl (C=O) groups excluding carboxylic acids is 3. The molecule has 2 amide bonds. The second-order valence-corrected chi connectivity index (χ2v) is 6.47.